The van der Waals surface area contributed by atoms with Crippen LogP contribution in [0.3, 0.4) is 0 Å². The van der Waals surface area contributed by atoms with Crippen molar-refractivity contribution in [2.45, 2.75) is 25.4 Å². The van der Waals surface area contributed by atoms with Crippen molar-refractivity contribution >= 4 is 22.5 Å². The topological polar surface area (TPSA) is 80.1 Å². The second-order valence-electron chi connectivity index (χ2n) is 5.58. The standard InChI is InChI=1S/C15H19N3O2/c1-15(6-3-7-20-15)9-17-14(19)12-8-10-4-2-5-11(16)13(10)18-12/h2,4-5,8,18H,3,6-7,9,16H2,1H3,(H,17,19). The number of nitrogens with one attached hydrogen (secondary N) is 2. The van der Waals surface area contributed by atoms with Gasteiger partial charge in [0.05, 0.1) is 16.8 Å². The molecular formula is C15H19N3O2. The maximum atomic E-state index is 12.2. The van der Waals surface area contributed by atoms with Crippen molar-refractivity contribution in [1.82, 2.24) is 10.3 Å². The molecule has 2 aromatic rings. The third kappa shape index (κ3) is 2.36. The summed E-state index contributed by atoms with van der Waals surface area (Å²) in [4.78, 5) is 15.3. The summed E-state index contributed by atoms with van der Waals surface area (Å²) in [7, 11) is 0. The summed E-state index contributed by atoms with van der Waals surface area (Å²) >= 11 is 0. The average molecular weight is 273 g/mol. The van der Waals surface area contributed by atoms with Gasteiger partial charge in [-0.1, -0.05) is 12.1 Å². The zero-order valence-electron chi connectivity index (χ0n) is 11.5. The Kier molecular flexibility index (Phi) is 3.14. The van der Waals surface area contributed by atoms with Crippen molar-refractivity contribution in [2.75, 3.05) is 18.9 Å². The predicted octanol–water partition coefficient (Wildman–Crippen LogP) is 2.05. The van der Waals surface area contributed by atoms with Crippen molar-refractivity contribution in [3.8, 4) is 0 Å². The second kappa shape index (κ2) is 4.83. The highest BCUT2D eigenvalue weighted by molar-refractivity contribution is 6.00. The number of rotatable bonds is 3. The Bertz CT molecular complexity index is 642. The molecule has 3 rings (SSSR count). The van der Waals surface area contributed by atoms with Gasteiger partial charge in [-0.25, -0.2) is 0 Å². The molecule has 1 aliphatic heterocycles. The molecule has 1 atom stereocenters. The minimum atomic E-state index is -0.235. The van der Waals surface area contributed by atoms with Crippen molar-refractivity contribution in [3.63, 3.8) is 0 Å². The molecule has 1 aromatic carbocycles. The number of carbonyl (C=O) groups is 1. The van der Waals surface area contributed by atoms with Gasteiger partial charge in [0.2, 0.25) is 0 Å². The van der Waals surface area contributed by atoms with Crippen LogP contribution in [-0.4, -0.2) is 29.6 Å². The molecule has 1 saturated heterocycles. The molecule has 20 heavy (non-hydrogen) atoms. The van der Waals surface area contributed by atoms with Crippen LogP contribution in [0.1, 0.15) is 30.3 Å². The second-order valence-corrected chi connectivity index (χ2v) is 5.58. The van der Waals surface area contributed by atoms with Crippen LogP contribution in [-0.2, 0) is 4.74 Å². The van der Waals surface area contributed by atoms with Gasteiger partial charge in [0.25, 0.3) is 5.91 Å². The van der Waals surface area contributed by atoms with E-state index in [4.69, 9.17) is 10.5 Å². The Morgan fingerprint density at radius 1 is 1.55 bits per heavy atom. The highest BCUT2D eigenvalue weighted by Gasteiger charge is 2.30. The minimum absolute atomic E-state index is 0.127. The summed E-state index contributed by atoms with van der Waals surface area (Å²) in [6.45, 7) is 3.33. The van der Waals surface area contributed by atoms with Gasteiger partial charge in [0.15, 0.2) is 0 Å². The molecule has 0 bridgehead atoms. The Hall–Kier alpha value is -2.01. The molecule has 1 fully saturated rings. The number of anilines is 1. The van der Waals surface area contributed by atoms with E-state index in [-0.39, 0.29) is 11.5 Å². The molecule has 2 heterocycles. The van der Waals surface area contributed by atoms with Crippen LogP contribution in [0.5, 0.6) is 0 Å². The van der Waals surface area contributed by atoms with E-state index in [1.807, 2.05) is 31.2 Å². The maximum Gasteiger partial charge on any atom is 0.267 e. The molecule has 1 amide bonds. The quantitative estimate of drug-likeness (QED) is 0.749. The van der Waals surface area contributed by atoms with Gasteiger partial charge in [0.1, 0.15) is 5.69 Å². The summed E-state index contributed by atoms with van der Waals surface area (Å²) in [5.74, 6) is -0.127. The number of benzene rings is 1. The highest BCUT2D eigenvalue weighted by atomic mass is 16.5. The zero-order valence-corrected chi connectivity index (χ0v) is 11.5. The Labute approximate surface area is 117 Å². The predicted molar refractivity (Wildman–Crippen MR) is 78.6 cm³/mol. The van der Waals surface area contributed by atoms with Crippen LogP contribution < -0.4 is 11.1 Å². The summed E-state index contributed by atoms with van der Waals surface area (Å²) < 4.78 is 5.66. The molecule has 0 spiro atoms. The number of aromatic nitrogens is 1. The number of ether oxygens (including phenoxy) is 1. The number of para-hydroxylation sites is 1. The molecule has 5 nitrogen and oxygen atoms in total. The van der Waals surface area contributed by atoms with E-state index < -0.39 is 0 Å². The van der Waals surface area contributed by atoms with Crippen LogP contribution >= 0.6 is 0 Å². The van der Waals surface area contributed by atoms with Crippen LogP contribution in [0, 0.1) is 0 Å². The SMILES string of the molecule is CC1(CNC(=O)c2cc3cccc(N)c3[nH]2)CCCO1. The molecule has 1 unspecified atom stereocenters. The lowest BCUT2D eigenvalue weighted by Gasteiger charge is -2.23. The van der Waals surface area contributed by atoms with Gasteiger partial charge < -0.3 is 20.8 Å². The maximum absolute atomic E-state index is 12.2. The number of hydrogen-bond acceptors (Lipinski definition) is 3. The van der Waals surface area contributed by atoms with Gasteiger partial charge in [-0.05, 0) is 31.9 Å². The number of fused-ring (bicyclic) bond motifs is 1. The van der Waals surface area contributed by atoms with Crippen LogP contribution in [0.15, 0.2) is 24.3 Å². The lowest BCUT2D eigenvalue weighted by molar-refractivity contribution is 0.0205. The van der Waals surface area contributed by atoms with Crippen molar-refractivity contribution < 1.29 is 9.53 Å². The number of aromatic amines is 1. The minimum Gasteiger partial charge on any atom is -0.397 e. The first-order valence-electron chi connectivity index (χ1n) is 6.87. The van der Waals surface area contributed by atoms with Crippen LogP contribution in [0.25, 0.3) is 10.9 Å². The Balaban J connectivity index is 1.74. The highest BCUT2D eigenvalue weighted by Crippen LogP contribution is 2.24. The summed E-state index contributed by atoms with van der Waals surface area (Å²) in [6, 6.07) is 7.44. The fourth-order valence-corrected chi connectivity index (χ4v) is 2.64. The van der Waals surface area contributed by atoms with E-state index in [0.717, 1.165) is 30.4 Å². The molecule has 0 aliphatic carbocycles. The average Bonchev–Trinajstić information content (AvgIpc) is 3.04. The van der Waals surface area contributed by atoms with E-state index in [1.165, 1.54) is 0 Å². The fraction of sp³-hybridized carbons (Fsp3) is 0.400. The largest absolute Gasteiger partial charge is 0.397 e. The van der Waals surface area contributed by atoms with Crippen LogP contribution in [0.2, 0.25) is 0 Å². The van der Waals surface area contributed by atoms with Gasteiger partial charge in [0, 0.05) is 18.5 Å². The molecule has 106 valence electrons. The lowest BCUT2D eigenvalue weighted by Crippen LogP contribution is -2.40. The van der Waals surface area contributed by atoms with Gasteiger partial charge in [-0.15, -0.1) is 0 Å². The lowest BCUT2D eigenvalue weighted by atomic mass is 10.0. The normalized spacial score (nSPS) is 22.2. The first kappa shape index (κ1) is 13.0. The van der Waals surface area contributed by atoms with Gasteiger partial charge in [-0.3, -0.25) is 4.79 Å². The third-order valence-corrected chi connectivity index (χ3v) is 3.86. The summed E-state index contributed by atoms with van der Waals surface area (Å²) in [5, 5.41) is 3.87. The summed E-state index contributed by atoms with van der Waals surface area (Å²) in [5.41, 5.74) is 7.63. The first-order valence-corrected chi connectivity index (χ1v) is 6.87. The van der Waals surface area contributed by atoms with Crippen molar-refractivity contribution in [2.24, 2.45) is 0 Å². The van der Waals surface area contributed by atoms with Gasteiger partial charge >= 0.3 is 0 Å². The Morgan fingerprint density at radius 2 is 2.40 bits per heavy atom. The van der Waals surface area contributed by atoms with Crippen molar-refractivity contribution in [3.05, 3.63) is 30.0 Å². The number of carbonyl (C=O) groups excluding carboxylic acids is 1. The number of nitrogen functional groups attached to an aromatic ring is 1. The molecule has 0 radical (unpaired) electrons. The monoisotopic (exact) mass is 273 g/mol. The number of hydrogen-bond donors (Lipinski definition) is 3. The van der Waals surface area contributed by atoms with E-state index in [2.05, 4.69) is 10.3 Å². The fourth-order valence-electron chi connectivity index (χ4n) is 2.64. The smallest absolute Gasteiger partial charge is 0.267 e. The van der Waals surface area contributed by atoms with E-state index in [0.29, 0.717) is 17.9 Å². The zero-order chi connectivity index (χ0) is 14.2. The molecule has 1 aromatic heterocycles. The molecule has 4 N–H and O–H groups in total. The third-order valence-electron chi connectivity index (χ3n) is 3.86. The van der Waals surface area contributed by atoms with Crippen molar-refractivity contribution in [1.29, 1.82) is 0 Å². The molecule has 0 saturated carbocycles. The van der Waals surface area contributed by atoms with Crippen LogP contribution in [0.4, 0.5) is 5.69 Å². The Morgan fingerprint density at radius 3 is 3.10 bits per heavy atom. The first-order chi connectivity index (χ1) is 9.57. The molecular weight excluding hydrogens is 254 g/mol. The number of amides is 1. The summed E-state index contributed by atoms with van der Waals surface area (Å²) in [6.07, 6.45) is 2.03. The molecule has 1 aliphatic rings. The van der Waals surface area contributed by atoms with E-state index in [1.54, 1.807) is 0 Å². The van der Waals surface area contributed by atoms with Gasteiger partial charge in [-0.2, -0.15) is 0 Å². The molecule has 5 heteroatoms. The number of H-pyrrole nitrogens is 1. The van der Waals surface area contributed by atoms with E-state index in [9.17, 15) is 4.79 Å². The number of nitrogens with two attached hydrogens (primary N) is 1. The van der Waals surface area contributed by atoms with E-state index >= 15 is 0 Å².